The van der Waals surface area contributed by atoms with Gasteiger partial charge in [-0.2, -0.15) is 4.98 Å². The van der Waals surface area contributed by atoms with Crippen molar-refractivity contribution in [3.63, 3.8) is 0 Å². The van der Waals surface area contributed by atoms with Crippen molar-refractivity contribution in [2.75, 3.05) is 12.4 Å². The summed E-state index contributed by atoms with van der Waals surface area (Å²) < 4.78 is 2.05. The minimum Gasteiger partial charge on any atom is -0.372 e. The lowest BCUT2D eigenvalue weighted by Gasteiger charge is -2.14. The zero-order valence-corrected chi connectivity index (χ0v) is 15.3. The summed E-state index contributed by atoms with van der Waals surface area (Å²) in [5.74, 6) is 2.25. The van der Waals surface area contributed by atoms with Crippen molar-refractivity contribution in [2.45, 2.75) is 25.7 Å². The highest BCUT2D eigenvalue weighted by atomic mass is 15.3. The normalized spacial score (nSPS) is 14.5. The molecule has 4 aromatic rings. The molecule has 0 bridgehead atoms. The van der Waals surface area contributed by atoms with Crippen molar-refractivity contribution in [1.82, 2.24) is 19.6 Å². The van der Waals surface area contributed by atoms with Crippen LogP contribution in [0.25, 0.3) is 33.6 Å². The summed E-state index contributed by atoms with van der Waals surface area (Å²) in [5, 5.41) is 13.0. The summed E-state index contributed by atoms with van der Waals surface area (Å²) in [4.78, 5) is 4.65. The molecule has 5 nitrogen and oxygen atoms in total. The molecule has 1 aliphatic rings. The molecule has 0 aliphatic heterocycles. The first-order valence-electron chi connectivity index (χ1n) is 9.46. The Kier molecular flexibility index (Phi) is 3.85. The molecule has 2 heterocycles. The summed E-state index contributed by atoms with van der Waals surface area (Å²) in [5.41, 5.74) is 4.84. The molecule has 1 N–H and O–H groups in total. The zero-order chi connectivity index (χ0) is 18.2. The monoisotopic (exact) mass is 355 g/mol. The fourth-order valence-electron chi connectivity index (χ4n) is 3.94. The smallest absolute Gasteiger partial charge is 0.257 e. The van der Waals surface area contributed by atoms with Crippen LogP contribution in [-0.4, -0.2) is 26.6 Å². The summed E-state index contributed by atoms with van der Waals surface area (Å²) in [6.45, 7) is 0. The Hall–Kier alpha value is -3.21. The Morgan fingerprint density at radius 3 is 2.70 bits per heavy atom. The maximum absolute atomic E-state index is 4.65. The van der Waals surface area contributed by atoms with Crippen LogP contribution < -0.4 is 5.32 Å². The van der Waals surface area contributed by atoms with Gasteiger partial charge in [-0.05, 0) is 55.0 Å². The Morgan fingerprint density at radius 1 is 0.963 bits per heavy atom. The third-order valence-corrected chi connectivity index (χ3v) is 5.28. The number of anilines is 1. The molecule has 0 unspecified atom stereocenters. The average molecular weight is 355 g/mol. The number of hydrogen-bond donors (Lipinski definition) is 1. The van der Waals surface area contributed by atoms with E-state index in [-0.39, 0.29) is 0 Å². The zero-order valence-electron chi connectivity index (χ0n) is 15.3. The lowest BCUT2D eigenvalue weighted by atomic mass is 9.93. The van der Waals surface area contributed by atoms with Gasteiger partial charge < -0.3 is 5.32 Å². The molecule has 5 heteroatoms. The van der Waals surface area contributed by atoms with Gasteiger partial charge in [-0.3, -0.25) is 4.40 Å². The highest BCUT2D eigenvalue weighted by molar-refractivity contribution is 5.92. The van der Waals surface area contributed by atoms with Gasteiger partial charge in [-0.15, -0.1) is 10.2 Å². The molecule has 0 fully saturated rings. The van der Waals surface area contributed by atoms with Crippen LogP contribution in [-0.2, 0) is 0 Å². The first-order chi connectivity index (χ1) is 13.3. The largest absolute Gasteiger partial charge is 0.372 e. The Balaban J connectivity index is 1.72. The van der Waals surface area contributed by atoms with Crippen LogP contribution in [0.4, 0.5) is 5.82 Å². The van der Waals surface area contributed by atoms with Crippen LogP contribution in [0.5, 0.6) is 0 Å². The SMILES string of the molecule is CNc1nc2nnc(-c3cccc(C4=CCCCC4)c3)n2c2ccccc12. The van der Waals surface area contributed by atoms with Gasteiger partial charge in [0.1, 0.15) is 5.82 Å². The molecule has 0 radical (unpaired) electrons. The molecule has 0 saturated heterocycles. The lowest BCUT2D eigenvalue weighted by molar-refractivity contribution is 0.742. The van der Waals surface area contributed by atoms with E-state index in [4.69, 9.17) is 0 Å². The van der Waals surface area contributed by atoms with Crippen LogP contribution in [0.2, 0.25) is 0 Å². The second-order valence-electron chi connectivity index (χ2n) is 6.94. The predicted molar refractivity (Wildman–Crippen MR) is 110 cm³/mol. The predicted octanol–water partition coefficient (Wildman–Crippen LogP) is 4.94. The van der Waals surface area contributed by atoms with Crippen LogP contribution in [0.15, 0.2) is 54.6 Å². The van der Waals surface area contributed by atoms with Crippen LogP contribution in [0.3, 0.4) is 0 Å². The number of aromatic nitrogens is 4. The van der Waals surface area contributed by atoms with E-state index in [2.05, 4.69) is 63.0 Å². The molecule has 1 aliphatic carbocycles. The van der Waals surface area contributed by atoms with Crippen molar-refractivity contribution >= 4 is 28.1 Å². The number of hydrogen-bond acceptors (Lipinski definition) is 4. The van der Waals surface area contributed by atoms with E-state index in [0.717, 1.165) is 34.5 Å². The van der Waals surface area contributed by atoms with Gasteiger partial charge in [0, 0.05) is 18.0 Å². The summed E-state index contributed by atoms with van der Waals surface area (Å²) in [6, 6.07) is 16.9. The Labute approximate surface area is 157 Å². The minimum absolute atomic E-state index is 0.607. The van der Waals surface area contributed by atoms with Crippen molar-refractivity contribution in [3.8, 4) is 11.4 Å². The summed E-state index contributed by atoms with van der Waals surface area (Å²) in [6.07, 6.45) is 7.27. The minimum atomic E-state index is 0.607. The second kappa shape index (κ2) is 6.50. The molecule has 5 rings (SSSR count). The first kappa shape index (κ1) is 16.0. The average Bonchev–Trinajstić information content (AvgIpc) is 3.18. The van der Waals surface area contributed by atoms with Gasteiger partial charge in [-0.1, -0.05) is 36.4 Å². The molecule has 27 heavy (non-hydrogen) atoms. The van der Waals surface area contributed by atoms with Gasteiger partial charge in [0.2, 0.25) is 0 Å². The number of fused-ring (bicyclic) bond motifs is 3. The van der Waals surface area contributed by atoms with Crippen molar-refractivity contribution in [3.05, 3.63) is 60.2 Å². The van der Waals surface area contributed by atoms with Crippen LogP contribution in [0, 0.1) is 0 Å². The molecule has 0 atom stereocenters. The van der Waals surface area contributed by atoms with Gasteiger partial charge in [-0.25, -0.2) is 0 Å². The molecule has 2 aromatic carbocycles. The number of nitrogens with one attached hydrogen (secondary N) is 1. The topological polar surface area (TPSA) is 55.1 Å². The number of nitrogens with zero attached hydrogens (tertiary/aromatic N) is 4. The van der Waals surface area contributed by atoms with E-state index in [1.807, 2.05) is 23.6 Å². The highest BCUT2D eigenvalue weighted by Gasteiger charge is 2.15. The third kappa shape index (κ3) is 2.67. The van der Waals surface area contributed by atoms with E-state index in [9.17, 15) is 0 Å². The maximum Gasteiger partial charge on any atom is 0.257 e. The maximum atomic E-state index is 4.65. The molecule has 2 aromatic heterocycles. The lowest BCUT2D eigenvalue weighted by Crippen LogP contribution is -2.00. The Bertz CT molecular complexity index is 1170. The summed E-state index contributed by atoms with van der Waals surface area (Å²) >= 11 is 0. The third-order valence-electron chi connectivity index (χ3n) is 5.28. The number of benzene rings is 2. The molecule has 134 valence electrons. The van der Waals surface area contributed by atoms with Crippen molar-refractivity contribution in [2.24, 2.45) is 0 Å². The molecule has 0 amide bonds. The van der Waals surface area contributed by atoms with Crippen molar-refractivity contribution < 1.29 is 0 Å². The fraction of sp³-hybridized carbons (Fsp3) is 0.227. The number of allylic oxidation sites excluding steroid dienone is 2. The Morgan fingerprint density at radius 2 is 1.85 bits per heavy atom. The summed E-state index contributed by atoms with van der Waals surface area (Å²) in [7, 11) is 1.88. The van der Waals surface area contributed by atoms with Crippen LogP contribution in [0.1, 0.15) is 31.2 Å². The first-order valence-corrected chi connectivity index (χ1v) is 9.46. The van der Waals surface area contributed by atoms with E-state index >= 15 is 0 Å². The van der Waals surface area contributed by atoms with E-state index in [1.165, 1.54) is 30.4 Å². The van der Waals surface area contributed by atoms with Gasteiger partial charge in [0.25, 0.3) is 5.78 Å². The van der Waals surface area contributed by atoms with E-state index < -0.39 is 0 Å². The van der Waals surface area contributed by atoms with E-state index in [0.29, 0.717) is 5.78 Å². The molecular formula is C22H21N5. The molecule has 0 spiro atoms. The standard InChI is InChI=1S/C22H21N5/c1-23-20-18-12-5-6-13-19(18)27-21(25-26-22(27)24-20)17-11-7-10-16(14-17)15-8-3-2-4-9-15/h5-8,10-14H,2-4,9H2,1H3,(H,23,24,26). The second-order valence-corrected chi connectivity index (χ2v) is 6.94. The van der Waals surface area contributed by atoms with Crippen molar-refractivity contribution in [1.29, 1.82) is 0 Å². The van der Waals surface area contributed by atoms with Crippen LogP contribution >= 0.6 is 0 Å². The van der Waals surface area contributed by atoms with Gasteiger partial charge >= 0.3 is 0 Å². The van der Waals surface area contributed by atoms with Gasteiger partial charge in [0.05, 0.1) is 5.52 Å². The highest BCUT2D eigenvalue weighted by Crippen LogP contribution is 2.31. The van der Waals surface area contributed by atoms with E-state index in [1.54, 1.807) is 0 Å². The quantitative estimate of drug-likeness (QED) is 0.565. The van der Waals surface area contributed by atoms with Gasteiger partial charge in [0.15, 0.2) is 5.82 Å². The fourth-order valence-corrected chi connectivity index (χ4v) is 3.94. The number of rotatable bonds is 3. The molecule has 0 saturated carbocycles. The molecular weight excluding hydrogens is 334 g/mol. The number of para-hydroxylation sites is 1.